The van der Waals surface area contributed by atoms with Crippen molar-refractivity contribution in [3.8, 4) is 0 Å². The Kier molecular flexibility index (Phi) is 59.8. The van der Waals surface area contributed by atoms with Crippen LogP contribution in [0.4, 0.5) is 0 Å². The van der Waals surface area contributed by atoms with Gasteiger partial charge in [0, 0.05) is 6.42 Å². The lowest BCUT2D eigenvalue weighted by Crippen LogP contribution is -2.48. The Morgan fingerprint density at radius 1 is 0.234 bits per heavy atom. The number of ether oxygens (including phenoxy) is 4. The van der Waals surface area contributed by atoms with Gasteiger partial charge >= 0.3 is 23.9 Å². The SMILES string of the molecule is CCCCCCCCCCCCCCCCCCCCOC(=O)CC(CC(=O)OCCCCCCCCCCCCCCCCCCCC)(OC(=O)CC)C(=O)OCCCCCCCCCCCCCCCCCCCC. The first-order valence-corrected chi connectivity index (χ1v) is 34.5. The molecule has 8 nitrogen and oxygen atoms in total. The topological polar surface area (TPSA) is 105 Å². The van der Waals surface area contributed by atoms with E-state index in [2.05, 4.69) is 20.8 Å². The summed E-state index contributed by atoms with van der Waals surface area (Å²) in [4.78, 5) is 53.7. The molecule has 0 unspecified atom stereocenters. The molecule has 0 aliphatic carbocycles. The van der Waals surface area contributed by atoms with Gasteiger partial charge < -0.3 is 18.9 Å². The Balaban J connectivity index is 4.79. The fourth-order valence-electron chi connectivity index (χ4n) is 10.9. The maximum atomic E-state index is 14.0. The van der Waals surface area contributed by atoms with Crippen LogP contribution in [0.5, 0.6) is 0 Å². The minimum absolute atomic E-state index is 0.0169. The highest BCUT2D eigenvalue weighted by atomic mass is 16.6. The lowest BCUT2D eigenvalue weighted by molar-refractivity contribution is -0.191. The first-order valence-electron chi connectivity index (χ1n) is 34.5. The number of hydrogen-bond acceptors (Lipinski definition) is 8. The van der Waals surface area contributed by atoms with Gasteiger partial charge in [-0.15, -0.1) is 0 Å². The van der Waals surface area contributed by atoms with E-state index in [0.29, 0.717) is 6.42 Å². The van der Waals surface area contributed by atoms with Crippen LogP contribution in [-0.2, 0) is 38.1 Å². The molecule has 0 radical (unpaired) electrons. The molecule has 0 N–H and O–H groups in total. The predicted molar refractivity (Wildman–Crippen MR) is 328 cm³/mol. The summed E-state index contributed by atoms with van der Waals surface area (Å²) in [6.07, 6.45) is 67.5. The number of carbonyl (C=O) groups is 4. The van der Waals surface area contributed by atoms with Gasteiger partial charge in [0.1, 0.15) is 0 Å². The molecule has 0 amide bonds. The van der Waals surface area contributed by atoms with E-state index in [9.17, 15) is 19.2 Å². The molecule has 0 aliphatic rings. The van der Waals surface area contributed by atoms with Gasteiger partial charge in [-0.2, -0.15) is 0 Å². The summed E-state index contributed by atoms with van der Waals surface area (Å²) >= 11 is 0. The van der Waals surface area contributed by atoms with E-state index < -0.39 is 42.3 Å². The quantitative estimate of drug-likeness (QED) is 0.0337. The van der Waals surface area contributed by atoms with Gasteiger partial charge in [0.05, 0.1) is 32.7 Å². The van der Waals surface area contributed by atoms with Crippen LogP contribution in [0, 0.1) is 0 Å². The number of unbranched alkanes of at least 4 members (excludes halogenated alkanes) is 51. The maximum absolute atomic E-state index is 14.0. The number of esters is 4. The number of rotatable bonds is 64. The van der Waals surface area contributed by atoms with Crippen LogP contribution >= 0.6 is 0 Å². The number of hydrogen-bond donors (Lipinski definition) is 0. The molecule has 456 valence electrons. The summed E-state index contributed by atoms with van der Waals surface area (Å²) in [5.41, 5.74) is -2.13. The largest absolute Gasteiger partial charge is 0.466 e. The third kappa shape index (κ3) is 54.3. The third-order valence-corrected chi connectivity index (χ3v) is 16.1. The summed E-state index contributed by atoms with van der Waals surface area (Å²) < 4.78 is 22.8. The molecule has 0 saturated heterocycles. The van der Waals surface area contributed by atoms with Gasteiger partial charge in [-0.25, -0.2) is 4.79 Å². The van der Waals surface area contributed by atoms with Gasteiger partial charge in [-0.05, 0) is 19.3 Å². The van der Waals surface area contributed by atoms with Gasteiger partial charge in [-0.3, -0.25) is 14.4 Å². The van der Waals surface area contributed by atoms with Crippen LogP contribution in [0.3, 0.4) is 0 Å². The molecule has 0 atom stereocenters. The van der Waals surface area contributed by atoms with E-state index in [-0.39, 0.29) is 26.2 Å². The molecule has 0 aromatic carbocycles. The van der Waals surface area contributed by atoms with Crippen molar-refractivity contribution in [3.63, 3.8) is 0 Å². The first kappa shape index (κ1) is 74.9. The molecule has 0 fully saturated rings. The van der Waals surface area contributed by atoms with Gasteiger partial charge in [0.15, 0.2) is 0 Å². The highest BCUT2D eigenvalue weighted by Crippen LogP contribution is 2.27. The minimum Gasteiger partial charge on any atom is -0.466 e. The highest BCUT2D eigenvalue weighted by Gasteiger charge is 2.49. The summed E-state index contributed by atoms with van der Waals surface area (Å²) in [5, 5.41) is 0. The summed E-state index contributed by atoms with van der Waals surface area (Å²) in [6, 6.07) is 0. The van der Waals surface area contributed by atoms with Crippen molar-refractivity contribution in [2.75, 3.05) is 19.8 Å². The zero-order valence-electron chi connectivity index (χ0n) is 52.2. The zero-order valence-corrected chi connectivity index (χ0v) is 52.2. The molecule has 0 heterocycles. The summed E-state index contributed by atoms with van der Waals surface area (Å²) in [5.74, 6) is -2.91. The van der Waals surface area contributed by atoms with E-state index >= 15 is 0 Å². The van der Waals surface area contributed by atoms with Crippen molar-refractivity contribution < 1.29 is 38.1 Å². The lowest BCUT2D eigenvalue weighted by atomic mass is 9.94. The second-order valence-electron chi connectivity index (χ2n) is 23.8. The van der Waals surface area contributed by atoms with Gasteiger partial charge in [0.25, 0.3) is 0 Å². The Morgan fingerprint density at radius 3 is 0.610 bits per heavy atom. The molecule has 0 rings (SSSR count). The molecule has 0 spiro atoms. The maximum Gasteiger partial charge on any atom is 0.351 e. The highest BCUT2D eigenvalue weighted by molar-refractivity contribution is 5.92. The second-order valence-corrected chi connectivity index (χ2v) is 23.8. The Morgan fingerprint density at radius 2 is 0.416 bits per heavy atom. The standard InChI is InChI=1S/C69H132O8/c1-5-9-12-15-18-21-24-27-30-33-36-39-42-45-48-51-54-57-60-74-66(71)63-69(77-65(70)8-4,68(73)76-62-59-56-53-50-47-44-41-38-35-32-29-26-23-20-17-14-11-7-3)64-67(72)75-61-58-55-52-49-46-43-40-37-34-31-28-25-22-19-16-13-10-6-2/h5-64H2,1-4H3. The van der Waals surface area contributed by atoms with Crippen LogP contribution in [0.1, 0.15) is 394 Å². The average Bonchev–Trinajstić information content (AvgIpc) is 3.42. The van der Waals surface area contributed by atoms with Crippen molar-refractivity contribution in [2.24, 2.45) is 0 Å². The van der Waals surface area contributed by atoms with Crippen molar-refractivity contribution in [1.82, 2.24) is 0 Å². The Hall–Kier alpha value is -2.12. The monoisotopic (exact) mass is 1090 g/mol. The molecule has 0 aliphatic heterocycles. The van der Waals surface area contributed by atoms with Crippen LogP contribution < -0.4 is 0 Å². The van der Waals surface area contributed by atoms with Crippen LogP contribution in [-0.4, -0.2) is 49.3 Å². The van der Waals surface area contributed by atoms with Crippen LogP contribution in [0.25, 0.3) is 0 Å². The predicted octanol–water partition coefficient (Wildman–Crippen LogP) is 22.2. The smallest absolute Gasteiger partial charge is 0.351 e. The van der Waals surface area contributed by atoms with Crippen molar-refractivity contribution in [3.05, 3.63) is 0 Å². The van der Waals surface area contributed by atoms with E-state index in [1.807, 2.05) is 0 Å². The van der Waals surface area contributed by atoms with Gasteiger partial charge in [0.2, 0.25) is 5.60 Å². The first-order chi connectivity index (χ1) is 37.8. The van der Waals surface area contributed by atoms with Crippen molar-refractivity contribution in [2.45, 2.75) is 399 Å². The zero-order chi connectivity index (χ0) is 56.1. The fraction of sp³-hybridized carbons (Fsp3) is 0.942. The Labute approximate surface area is 479 Å². The van der Waals surface area contributed by atoms with Crippen molar-refractivity contribution >= 4 is 23.9 Å². The Bertz CT molecular complexity index is 1200. The van der Waals surface area contributed by atoms with Crippen molar-refractivity contribution in [1.29, 1.82) is 0 Å². The van der Waals surface area contributed by atoms with Crippen LogP contribution in [0.2, 0.25) is 0 Å². The summed E-state index contributed by atoms with van der Waals surface area (Å²) in [7, 11) is 0. The average molecular weight is 1090 g/mol. The third-order valence-electron chi connectivity index (χ3n) is 16.1. The van der Waals surface area contributed by atoms with Crippen LogP contribution in [0.15, 0.2) is 0 Å². The molecule has 8 heteroatoms. The summed E-state index contributed by atoms with van der Waals surface area (Å²) in [6.45, 7) is 9.03. The lowest BCUT2D eigenvalue weighted by Gasteiger charge is -2.29. The molecule has 0 bridgehead atoms. The molecular formula is C69H132O8. The number of carbonyl (C=O) groups excluding carboxylic acids is 4. The fourth-order valence-corrected chi connectivity index (χ4v) is 10.9. The molecule has 0 aromatic heterocycles. The minimum atomic E-state index is -2.13. The normalized spacial score (nSPS) is 11.6. The van der Waals surface area contributed by atoms with E-state index in [0.717, 1.165) is 57.8 Å². The van der Waals surface area contributed by atoms with E-state index in [1.165, 1.54) is 283 Å². The molecule has 0 aromatic rings. The molecule has 77 heavy (non-hydrogen) atoms. The molecular weight excluding hydrogens is 957 g/mol. The van der Waals surface area contributed by atoms with E-state index in [1.54, 1.807) is 6.92 Å². The second kappa shape index (κ2) is 61.5. The van der Waals surface area contributed by atoms with Gasteiger partial charge in [-0.1, -0.05) is 355 Å². The molecule has 0 saturated carbocycles. The van der Waals surface area contributed by atoms with E-state index in [4.69, 9.17) is 18.9 Å².